The fourth-order valence-corrected chi connectivity index (χ4v) is 3.69. The summed E-state index contributed by atoms with van der Waals surface area (Å²) in [4.78, 5) is 21.2. The number of nitrogens with zero attached hydrogens (tertiary/aromatic N) is 3. The Hall–Kier alpha value is -2.24. The monoisotopic (exact) mass is 471 g/mol. The van der Waals surface area contributed by atoms with Gasteiger partial charge in [0.1, 0.15) is 23.3 Å². The fourth-order valence-electron chi connectivity index (χ4n) is 3.18. The number of carbonyl (C=O) groups excluding carboxylic acids is 1. The highest BCUT2D eigenvalue weighted by atomic mass is 32.2. The molecular weight excluding hydrogens is 444 g/mol. The second-order valence-corrected chi connectivity index (χ2v) is 9.21. The number of ether oxygens (including phenoxy) is 2. The molecule has 1 aromatic heterocycles. The Morgan fingerprint density at radius 3 is 2.44 bits per heavy atom. The van der Waals surface area contributed by atoms with E-state index < -0.39 is 29.5 Å². The Balaban J connectivity index is 1.53. The molecular formula is C21H27F2N3O5S. The van der Waals surface area contributed by atoms with Crippen molar-refractivity contribution in [1.29, 1.82) is 0 Å². The normalized spacial score (nSPS) is 16.7. The highest BCUT2D eigenvalue weighted by Gasteiger charge is 2.28. The number of thioether (sulfide) groups is 1. The third kappa shape index (κ3) is 6.39. The Bertz CT molecular complexity index is 919. The molecule has 1 aliphatic heterocycles. The van der Waals surface area contributed by atoms with Crippen LogP contribution >= 0.6 is 11.8 Å². The molecule has 0 saturated carbocycles. The van der Waals surface area contributed by atoms with Gasteiger partial charge in [-0.25, -0.2) is 13.6 Å². The Kier molecular flexibility index (Phi) is 7.73. The van der Waals surface area contributed by atoms with Crippen molar-refractivity contribution in [2.75, 3.05) is 19.3 Å². The van der Waals surface area contributed by atoms with Crippen LogP contribution in [0.2, 0.25) is 0 Å². The number of hydrogen-bond donors (Lipinski definition) is 0. The molecule has 32 heavy (non-hydrogen) atoms. The number of benzene rings is 1. The molecule has 0 aliphatic carbocycles. The van der Waals surface area contributed by atoms with Crippen molar-refractivity contribution in [3.8, 4) is 11.4 Å². The van der Waals surface area contributed by atoms with Gasteiger partial charge in [-0.15, -0.1) is 16.8 Å². The van der Waals surface area contributed by atoms with Gasteiger partial charge in [0, 0.05) is 18.7 Å². The van der Waals surface area contributed by atoms with E-state index >= 15 is 0 Å². The van der Waals surface area contributed by atoms with E-state index in [1.165, 1.54) is 12.1 Å². The van der Waals surface area contributed by atoms with Crippen LogP contribution in [0, 0.1) is 11.6 Å². The van der Waals surface area contributed by atoms with Crippen LogP contribution in [0.1, 0.15) is 52.5 Å². The van der Waals surface area contributed by atoms with Crippen molar-refractivity contribution in [3.63, 3.8) is 0 Å². The molecule has 0 spiro atoms. The predicted molar refractivity (Wildman–Crippen MR) is 113 cm³/mol. The summed E-state index contributed by atoms with van der Waals surface area (Å²) in [7, 11) is 0. The minimum absolute atomic E-state index is 0.0591. The van der Waals surface area contributed by atoms with Crippen LogP contribution in [0.3, 0.4) is 0 Å². The number of piperidine rings is 1. The number of hydroxylamine groups is 2. The van der Waals surface area contributed by atoms with Gasteiger partial charge in [0.2, 0.25) is 5.82 Å². The molecule has 0 radical (unpaired) electrons. The lowest BCUT2D eigenvalue weighted by atomic mass is 10.1. The van der Waals surface area contributed by atoms with E-state index in [-0.39, 0.29) is 28.3 Å². The summed E-state index contributed by atoms with van der Waals surface area (Å²) < 4.78 is 44.5. The summed E-state index contributed by atoms with van der Waals surface area (Å²) in [5, 5.41) is 5.37. The van der Waals surface area contributed by atoms with Crippen LogP contribution < -0.4 is 0 Å². The average Bonchev–Trinajstić information content (AvgIpc) is 3.18. The van der Waals surface area contributed by atoms with Crippen LogP contribution in [0.5, 0.6) is 0 Å². The van der Waals surface area contributed by atoms with E-state index in [0.717, 1.165) is 11.8 Å². The molecule has 0 N–H and O–H groups in total. The van der Waals surface area contributed by atoms with E-state index in [1.54, 1.807) is 39.0 Å². The summed E-state index contributed by atoms with van der Waals surface area (Å²) >= 11 is 0.989. The molecule has 1 aliphatic rings. The molecule has 1 fully saturated rings. The number of rotatable bonds is 6. The van der Waals surface area contributed by atoms with Crippen molar-refractivity contribution in [2.45, 2.75) is 63.2 Å². The third-order valence-corrected chi connectivity index (χ3v) is 5.44. The summed E-state index contributed by atoms with van der Waals surface area (Å²) in [6.45, 7) is 8.05. The van der Waals surface area contributed by atoms with Gasteiger partial charge in [0.25, 0.3) is 5.89 Å². The predicted octanol–water partition coefficient (Wildman–Crippen LogP) is 5.15. The minimum atomic E-state index is -0.734. The maximum absolute atomic E-state index is 14.0. The van der Waals surface area contributed by atoms with Crippen LogP contribution in [-0.2, 0) is 14.3 Å². The molecule has 8 nitrogen and oxygen atoms in total. The van der Waals surface area contributed by atoms with Gasteiger partial charge in [-0.1, -0.05) is 5.16 Å². The van der Waals surface area contributed by atoms with Crippen LogP contribution in [0.15, 0.2) is 21.6 Å². The fraction of sp³-hybridized carbons (Fsp3) is 0.571. The molecule has 2 aromatic rings. The maximum Gasteiger partial charge on any atom is 0.528 e. The van der Waals surface area contributed by atoms with Crippen molar-refractivity contribution in [2.24, 2.45) is 0 Å². The highest BCUT2D eigenvalue weighted by Crippen LogP contribution is 2.29. The molecule has 176 valence electrons. The van der Waals surface area contributed by atoms with Crippen molar-refractivity contribution < 1.29 is 32.4 Å². The third-order valence-electron chi connectivity index (χ3n) is 4.64. The van der Waals surface area contributed by atoms with Crippen LogP contribution in [0.25, 0.3) is 11.4 Å². The van der Waals surface area contributed by atoms with E-state index in [0.29, 0.717) is 25.9 Å². The summed E-state index contributed by atoms with van der Waals surface area (Å²) in [5.41, 5.74) is -0.432. The SMILES string of the molecule is CSc1c(F)cc(-c2noc(C(C)OC3CCN(OC(=O)OC(C)(C)C)CC3)n2)cc1F. The second-order valence-electron chi connectivity index (χ2n) is 8.39. The highest BCUT2D eigenvalue weighted by molar-refractivity contribution is 7.98. The minimum Gasteiger partial charge on any atom is -0.427 e. The standard InChI is InChI=1S/C21H27F2N3O5S/c1-12(28-14-6-8-26(9-7-14)31-20(27)29-21(2,3)4)19-24-18(25-30-19)13-10-15(22)17(32-5)16(23)11-13/h10-12,14H,6-9H2,1-5H3. The Morgan fingerprint density at radius 2 is 1.88 bits per heavy atom. The molecule has 3 rings (SSSR count). The molecule has 0 bridgehead atoms. The molecule has 11 heteroatoms. The van der Waals surface area contributed by atoms with Gasteiger partial charge in [0.05, 0.1) is 11.0 Å². The molecule has 2 heterocycles. The average molecular weight is 472 g/mol. The largest absolute Gasteiger partial charge is 0.528 e. The van der Waals surface area contributed by atoms with Crippen molar-refractivity contribution >= 4 is 17.9 Å². The van der Waals surface area contributed by atoms with Gasteiger partial charge < -0.3 is 18.8 Å². The number of hydrogen-bond acceptors (Lipinski definition) is 9. The molecule has 0 amide bonds. The first-order valence-corrected chi connectivity index (χ1v) is 11.5. The topological polar surface area (TPSA) is 86.9 Å². The van der Waals surface area contributed by atoms with Crippen LogP contribution in [-0.4, -0.2) is 52.4 Å². The van der Waals surface area contributed by atoms with E-state index in [1.807, 2.05) is 0 Å². The van der Waals surface area contributed by atoms with Gasteiger partial charge in [0.15, 0.2) is 0 Å². The van der Waals surface area contributed by atoms with Gasteiger partial charge >= 0.3 is 6.16 Å². The first-order chi connectivity index (χ1) is 15.1. The maximum atomic E-state index is 14.0. The first-order valence-electron chi connectivity index (χ1n) is 10.2. The zero-order valence-electron chi connectivity index (χ0n) is 18.7. The molecule has 1 atom stereocenters. The number of halogens is 2. The van der Waals surface area contributed by atoms with Crippen molar-refractivity contribution in [3.05, 3.63) is 29.7 Å². The summed E-state index contributed by atoms with van der Waals surface area (Å²) in [6, 6.07) is 2.35. The second kappa shape index (κ2) is 10.1. The number of aromatic nitrogens is 2. The van der Waals surface area contributed by atoms with Gasteiger partial charge in [-0.2, -0.15) is 4.98 Å². The van der Waals surface area contributed by atoms with E-state index in [2.05, 4.69) is 10.1 Å². The summed E-state index contributed by atoms with van der Waals surface area (Å²) in [5.74, 6) is -1.06. The Labute approximate surface area is 189 Å². The van der Waals surface area contributed by atoms with Gasteiger partial charge in [-0.05, 0) is 58.9 Å². The van der Waals surface area contributed by atoms with E-state index in [9.17, 15) is 13.6 Å². The molecule has 1 saturated heterocycles. The zero-order chi connectivity index (χ0) is 23.5. The molecule has 1 aromatic carbocycles. The zero-order valence-corrected chi connectivity index (χ0v) is 19.5. The quantitative estimate of drug-likeness (QED) is 0.419. The lowest BCUT2D eigenvalue weighted by Gasteiger charge is -2.31. The van der Waals surface area contributed by atoms with Crippen LogP contribution in [0.4, 0.5) is 13.6 Å². The van der Waals surface area contributed by atoms with Gasteiger partial charge in [-0.3, -0.25) is 0 Å². The number of carbonyl (C=O) groups is 1. The first kappa shape index (κ1) is 24.4. The lowest BCUT2D eigenvalue weighted by Crippen LogP contribution is -2.40. The smallest absolute Gasteiger partial charge is 0.427 e. The lowest BCUT2D eigenvalue weighted by molar-refractivity contribution is -0.169. The van der Waals surface area contributed by atoms with E-state index in [4.69, 9.17) is 18.8 Å². The molecule has 1 unspecified atom stereocenters. The van der Waals surface area contributed by atoms with Crippen molar-refractivity contribution in [1.82, 2.24) is 15.2 Å². The Morgan fingerprint density at radius 1 is 1.25 bits per heavy atom. The summed E-state index contributed by atoms with van der Waals surface area (Å²) in [6.07, 6.45) is 1.50.